The van der Waals surface area contributed by atoms with E-state index in [-0.39, 0.29) is 12.7 Å². The van der Waals surface area contributed by atoms with Crippen LogP contribution >= 0.6 is 0 Å². The fourth-order valence-electron chi connectivity index (χ4n) is 1.69. The Morgan fingerprint density at radius 2 is 1.58 bits per heavy atom. The molecule has 0 spiro atoms. The Hall–Kier alpha value is -2.29. The second-order valence-corrected chi connectivity index (χ2v) is 4.20. The summed E-state index contributed by atoms with van der Waals surface area (Å²) >= 11 is 0. The number of hydrogen-bond acceptors (Lipinski definition) is 3. The van der Waals surface area contributed by atoms with Crippen molar-refractivity contribution in [3.63, 3.8) is 0 Å². The van der Waals surface area contributed by atoms with Crippen molar-refractivity contribution < 1.29 is 14.3 Å². The van der Waals surface area contributed by atoms with E-state index < -0.39 is 6.16 Å². The normalized spacial score (nSPS) is 11.6. The monoisotopic (exact) mass is 256 g/mol. The van der Waals surface area contributed by atoms with Crippen molar-refractivity contribution in [3.05, 3.63) is 71.8 Å². The molecule has 0 N–H and O–H groups in total. The van der Waals surface area contributed by atoms with Gasteiger partial charge in [0.15, 0.2) is 0 Å². The Balaban J connectivity index is 1.82. The molecule has 0 aliphatic carbocycles. The lowest BCUT2D eigenvalue weighted by Crippen LogP contribution is -2.10. The molecule has 1 unspecified atom stereocenters. The summed E-state index contributed by atoms with van der Waals surface area (Å²) in [6, 6.07) is 19.1. The highest BCUT2D eigenvalue weighted by atomic mass is 16.7. The number of hydrogen-bond donors (Lipinski definition) is 0. The molecule has 0 amide bonds. The second-order valence-electron chi connectivity index (χ2n) is 4.20. The molecule has 0 radical (unpaired) electrons. The van der Waals surface area contributed by atoms with Crippen LogP contribution in [0.2, 0.25) is 0 Å². The molecular weight excluding hydrogens is 240 g/mol. The van der Waals surface area contributed by atoms with E-state index in [4.69, 9.17) is 9.47 Å². The maximum atomic E-state index is 11.6. The predicted molar refractivity (Wildman–Crippen MR) is 72.6 cm³/mol. The van der Waals surface area contributed by atoms with Crippen molar-refractivity contribution in [1.29, 1.82) is 0 Å². The first-order chi connectivity index (χ1) is 9.25. The van der Waals surface area contributed by atoms with E-state index in [1.807, 2.05) is 67.6 Å². The van der Waals surface area contributed by atoms with Gasteiger partial charge in [0, 0.05) is 0 Å². The van der Waals surface area contributed by atoms with Crippen molar-refractivity contribution in [3.8, 4) is 0 Å². The smallest absolute Gasteiger partial charge is 0.429 e. The molecule has 2 aromatic rings. The fourth-order valence-corrected chi connectivity index (χ4v) is 1.69. The topological polar surface area (TPSA) is 35.5 Å². The third-order valence-corrected chi connectivity index (χ3v) is 2.74. The molecule has 0 aromatic heterocycles. The van der Waals surface area contributed by atoms with Crippen LogP contribution in [-0.2, 0) is 16.1 Å². The van der Waals surface area contributed by atoms with Crippen LogP contribution in [0, 0.1) is 0 Å². The van der Waals surface area contributed by atoms with Crippen LogP contribution in [0.1, 0.15) is 24.2 Å². The molecule has 2 rings (SSSR count). The maximum Gasteiger partial charge on any atom is 0.509 e. The molecule has 0 saturated heterocycles. The number of benzene rings is 2. The summed E-state index contributed by atoms with van der Waals surface area (Å²) in [5.41, 5.74) is 1.88. The van der Waals surface area contributed by atoms with Gasteiger partial charge in [-0.25, -0.2) is 4.79 Å². The number of carbonyl (C=O) groups is 1. The van der Waals surface area contributed by atoms with Gasteiger partial charge in [0.25, 0.3) is 0 Å². The van der Waals surface area contributed by atoms with Crippen molar-refractivity contribution in [1.82, 2.24) is 0 Å². The largest absolute Gasteiger partial charge is 0.509 e. The van der Waals surface area contributed by atoms with Gasteiger partial charge in [-0.3, -0.25) is 0 Å². The van der Waals surface area contributed by atoms with Crippen LogP contribution in [0.3, 0.4) is 0 Å². The van der Waals surface area contributed by atoms with Crippen molar-refractivity contribution >= 4 is 6.16 Å². The third kappa shape index (κ3) is 4.14. The van der Waals surface area contributed by atoms with E-state index in [1.165, 1.54) is 0 Å². The van der Waals surface area contributed by atoms with Crippen molar-refractivity contribution in [2.75, 3.05) is 0 Å². The highest BCUT2D eigenvalue weighted by Gasteiger charge is 2.12. The van der Waals surface area contributed by atoms with Crippen LogP contribution < -0.4 is 0 Å². The predicted octanol–water partition coefficient (Wildman–Crippen LogP) is 4.10. The summed E-state index contributed by atoms with van der Waals surface area (Å²) in [7, 11) is 0. The van der Waals surface area contributed by atoms with Crippen LogP contribution in [-0.4, -0.2) is 6.16 Å². The SMILES string of the molecule is CC(OC(=O)OCc1ccccc1)c1ccccc1. The lowest BCUT2D eigenvalue weighted by Gasteiger charge is -2.13. The molecule has 0 heterocycles. The lowest BCUT2D eigenvalue weighted by molar-refractivity contribution is 0.0239. The van der Waals surface area contributed by atoms with Crippen LogP contribution in [0.25, 0.3) is 0 Å². The summed E-state index contributed by atoms with van der Waals surface area (Å²) in [6.45, 7) is 2.04. The Kier molecular flexibility index (Phi) is 4.56. The molecule has 0 bridgehead atoms. The summed E-state index contributed by atoms with van der Waals surface area (Å²) < 4.78 is 10.3. The highest BCUT2D eigenvalue weighted by Crippen LogP contribution is 2.16. The van der Waals surface area contributed by atoms with Gasteiger partial charge in [0.1, 0.15) is 12.7 Å². The van der Waals surface area contributed by atoms with Gasteiger partial charge in [0.05, 0.1) is 0 Å². The number of rotatable bonds is 4. The van der Waals surface area contributed by atoms with Gasteiger partial charge in [-0.15, -0.1) is 0 Å². The minimum atomic E-state index is -0.653. The fraction of sp³-hybridized carbons (Fsp3) is 0.188. The number of ether oxygens (including phenoxy) is 2. The standard InChI is InChI=1S/C16H16O3/c1-13(15-10-6-3-7-11-15)19-16(17)18-12-14-8-4-2-5-9-14/h2-11,13H,12H2,1H3. The minimum Gasteiger partial charge on any atom is -0.429 e. The first-order valence-electron chi connectivity index (χ1n) is 6.18. The van der Waals surface area contributed by atoms with E-state index in [0.717, 1.165) is 11.1 Å². The van der Waals surface area contributed by atoms with Gasteiger partial charge in [-0.2, -0.15) is 0 Å². The average Bonchev–Trinajstić information content (AvgIpc) is 2.47. The first kappa shape index (κ1) is 13.1. The van der Waals surface area contributed by atoms with Gasteiger partial charge in [-0.1, -0.05) is 60.7 Å². The van der Waals surface area contributed by atoms with Crippen molar-refractivity contribution in [2.24, 2.45) is 0 Å². The van der Waals surface area contributed by atoms with E-state index in [1.54, 1.807) is 0 Å². The van der Waals surface area contributed by atoms with Crippen LogP contribution in [0.5, 0.6) is 0 Å². The minimum absolute atomic E-state index is 0.223. The molecule has 0 fully saturated rings. The molecule has 19 heavy (non-hydrogen) atoms. The summed E-state index contributed by atoms with van der Waals surface area (Å²) in [6.07, 6.45) is -0.968. The van der Waals surface area contributed by atoms with E-state index in [2.05, 4.69) is 0 Å². The molecule has 1 atom stereocenters. The Morgan fingerprint density at radius 3 is 2.21 bits per heavy atom. The highest BCUT2D eigenvalue weighted by molar-refractivity contribution is 5.60. The molecule has 0 saturated carbocycles. The average molecular weight is 256 g/mol. The van der Waals surface area contributed by atoms with E-state index in [0.29, 0.717) is 0 Å². The quantitative estimate of drug-likeness (QED) is 0.772. The molecule has 0 aliphatic rings. The molecular formula is C16H16O3. The van der Waals surface area contributed by atoms with Gasteiger partial charge < -0.3 is 9.47 Å². The van der Waals surface area contributed by atoms with E-state index >= 15 is 0 Å². The molecule has 3 nitrogen and oxygen atoms in total. The van der Waals surface area contributed by atoms with Crippen LogP contribution in [0.4, 0.5) is 4.79 Å². The van der Waals surface area contributed by atoms with Crippen molar-refractivity contribution in [2.45, 2.75) is 19.6 Å². The molecule has 2 aromatic carbocycles. The van der Waals surface area contributed by atoms with Gasteiger partial charge in [0.2, 0.25) is 0 Å². The van der Waals surface area contributed by atoms with E-state index in [9.17, 15) is 4.79 Å². The molecule has 3 heteroatoms. The third-order valence-electron chi connectivity index (χ3n) is 2.74. The lowest BCUT2D eigenvalue weighted by atomic mass is 10.1. The summed E-state index contributed by atoms with van der Waals surface area (Å²) in [5, 5.41) is 0. The Labute approximate surface area is 112 Å². The molecule has 0 aliphatic heterocycles. The van der Waals surface area contributed by atoms with Crippen LogP contribution in [0.15, 0.2) is 60.7 Å². The maximum absolute atomic E-state index is 11.6. The zero-order valence-electron chi connectivity index (χ0n) is 10.8. The Morgan fingerprint density at radius 1 is 1.00 bits per heavy atom. The second kappa shape index (κ2) is 6.59. The summed E-state index contributed by atoms with van der Waals surface area (Å²) in [4.78, 5) is 11.6. The number of carbonyl (C=O) groups excluding carboxylic acids is 1. The van der Waals surface area contributed by atoms with Gasteiger partial charge >= 0.3 is 6.16 Å². The Bertz CT molecular complexity index is 508. The van der Waals surface area contributed by atoms with Gasteiger partial charge in [-0.05, 0) is 18.1 Å². The zero-order chi connectivity index (χ0) is 13.5. The zero-order valence-corrected chi connectivity index (χ0v) is 10.8. The summed E-state index contributed by atoms with van der Waals surface area (Å²) in [5.74, 6) is 0. The molecule has 98 valence electrons. The first-order valence-corrected chi connectivity index (χ1v) is 6.18.